The van der Waals surface area contributed by atoms with Crippen LogP contribution in [0.3, 0.4) is 0 Å². The van der Waals surface area contributed by atoms with Gasteiger partial charge in [0.2, 0.25) is 5.91 Å². The number of thiophene rings is 1. The molecule has 0 radical (unpaired) electrons. The Labute approximate surface area is 210 Å². The third-order valence-electron chi connectivity index (χ3n) is 5.42. The van der Waals surface area contributed by atoms with Gasteiger partial charge in [-0.05, 0) is 75.4 Å². The smallest absolute Gasteiger partial charge is 0.341 e. The number of carbonyl (C=O) groups is 2. The summed E-state index contributed by atoms with van der Waals surface area (Å²) in [5.74, 6) is 0.123. The lowest BCUT2D eigenvalue weighted by Gasteiger charge is -2.11. The number of rotatable bonds is 9. The van der Waals surface area contributed by atoms with E-state index in [1.54, 1.807) is 6.92 Å². The van der Waals surface area contributed by atoms with Crippen LogP contribution >= 0.6 is 22.9 Å². The molecule has 0 unspecified atom stereocenters. The first-order chi connectivity index (χ1) is 16.2. The maximum atomic E-state index is 12.8. The van der Waals surface area contributed by atoms with Crippen molar-refractivity contribution in [1.82, 2.24) is 0 Å². The fraction of sp³-hybridized carbons (Fsp3) is 0.333. The molecule has 0 saturated carbocycles. The van der Waals surface area contributed by atoms with Crippen molar-refractivity contribution in [1.29, 1.82) is 0 Å². The molecule has 3 rings (SSSR count). The van der Waals surface area contributed by atoms with Crippen LogP contribution in [0.1, 0.15) is 52.4 Å². The number of hydrogen-bond donors (Lipinski definition) is 1. The van der Waals surface area contributed by atoms with Gasteiger partial charge in [-0.25, -0.2) is 4.79 Å². The molecular weight excluding hydrogens is 470 g/mol. The minimum absolute atomic E-state index is 0.174. The minimum atomic E-state index is -0.439. The third-order valence-corrected chi connectivity index (χ3v) is 6.91. The highest BCUT2D eigenvalue weighted by Crippen LogP contribution is 2.38. The summed E-state index contributed by atoms with van der Waals surface area (Å²) >= 11 is 7.53. The van der Waals surface area contributed by atoms with Crippen LogP contribution in [0.5, 0.6) is 5.75 Å². The zero-order chi connectivity index (χ0) is 24.8. The van der Waals surface area contributed by atoms with E-state index < -0.39 is 5.97 Å². The number of esters is 1. The average molecular weight is 500 g/mol. The zero-order valence-electron chi connectivity index (χ0n) is 20.2. The summed E-state index contributed by atoms with van der Waals surface area (Å²) in [6.45, 7) is 10.3. The van der Waals surface area contributed by atoms with Crippen LogP contribution in [0.25, 0.3) is 11.1 Å². The molecule has 2 aromatic carbocycles. The zero-order valence-corrected chi connectivity index (χ0v) is 21.8. The number of benzene rings is 2. The molecule has 5 nitrogen and oxygen atoms in total. The lowest BCUT2D eigenvalue weighted by atomic mass is 9.97. The Morgan fingerprint density at radius 1 is 1.00 bits per heavy atom. The lowest BCUT2D eigenvalue weighted by Crippen LogP contribution is -2.15. The number of hydrogen-bond acceptors (Lipinski definition) is 5. The molecule has 0 atom stereocenters. The van der Waals surface area contributed by atoms with E-state index in [1.165, 1.54) is 11.3 Å². The molecule has 1 heterocycles. The van der Waals surface area contributed by atoms with Crippen molar-refractivity contribution in [2.24, 2.45) is 0 Å². The van der Waals surface area contributed by atoms with E-state index in [4.69, 9.17) is 21.1 Å². The maximum Gasteiger partial charge on any atom is 0.341 e. The summed E-state index contributed by atoms with van der Waals surface area (Å²) in [7, 11) is 0. The average Bonchev–Trinajstić information content (AvgIpc) is 3.18. The fourth-order valence-corrected chi connectivity index (χ4v) is 4.84. The van der Waals surface area contributed by atoms with Crippen molar-refractivity contribution in [2.75, 3.05) is 18.5 Å². The van der Waals surface area contributed by atoms with Gasteiger partial charge in [-0.2, -0.15) is 0 Å². The largest absolute Gasteiger partial charge is 0.494 e. The molecule has 1 N–H and O–H groups in total. The van der Waals surface area contributed by atoms with Crippen LogP contribution in [0, 0.1) is 27.7 Å². The molecule has 3 aromatic rings. The molecular formula is C27H30ClNO4S. The molecule has 1 aromatic heterocycles. The van der Waals surface area contributed by atoms with Crippen molar-refractivity contribution < 1.29 is 19.1 Å². The third kappa shape index (κ3) is 6.19. The van der Waals surface area contributed by atoms with Gasteiger partial charge in [0.05, 0.1) is 13.2 Å². The fourth-order valence-electron chi connectivity index (χ4n) is 3.77. The van der Waals surface area contributed by atoms with E-state index in [-0.39, 0.29) is 18.9 Å². The van der Waals surface area contributed by atoms with E-state index in [0.29, 0.717) is 23.6 Å². The molecule has 0 aliphatic heterocycles. The Kier molecular flexibility index (Phi) is 8.75. The highest BCUT2D eigenvalue weighted by atomic mass is 35.5. The van der Waals surface area contributed by atoms with E-state index in [9.17, 15) is 9.59 Å². The Hall–Kier alpha value is -2.83. The summed E-state index contributed by atoms with van der Waals surface area (Å²) < 4.78 is 11.1. The minimum Gasteiger partial charge on any atom is -0.494 e. The molecule has 0 fully saturated rings. The van der Waals surface area contributed by atoms with Gasteiger partial charge < -0.3 is 14.8 Å². The topological polar surface area (TPSA) is 64.6 Å². The van der Waals surface area contributed by atoms with Gasteiger partial charge in [-0.1, -0.05) is 35.4 Å². The van der Waals surface area contributed by atoms with Gasteiger partial charge in [0.1, 0.15) is 16.3 Å². The molecule has 1 amide bonds. The highest BCUT2D eigenvalue weighted by molar-refractivity contribution is 7.15. The van der Waals surface area contributed by atoms with Crippen LogP contribution < -0.4 is 10.1 Å². The number of ether oxygens (including phenoxy) is 2. The quantitative estimate of drug-likeness (QED) is 0.248. The molecule has 0 bridgehead atoms. The van der Waals surface area contributed by atoms with Gasteiger partial charge in [0.15, 0.2) is 0 Å². The Morgan fingerprint density at radius 3 is 2.35 bits per heavy atom. The number of amides is 1. The highest BCUT2D eigenvalue weighted by Gasteiger charge is 2.23. The lowest BCUT2D eigenvalue weighted by molar-refractivity contribution is -0.116. The molecule has 7 heteroatoms. The van der Waals surface area contributed by atoms with Crippen LogP contribution in [-0.4, -0.2) is 25.1 Å². The summed E-state index contributed by atoms with van der Waals surface area (Å²) in [6.07, 6.45) is 0.807. The van der Waals surface area contributed by atoms with Gasteiger partial charge in [0.25, 0.3) is 0 Å². The Bertz CT molecular complexity index is 1180. The first-order valence-electron chi connectivity index (χ1n) is 11.3. The predicted octanol–water partition coefficient (Wildman–Crippen LogP) is 7.28. The van der Waals surface area contributed by atoms with Crippen LogP contribution in [0.2, 0.25) is 5.02 Å². The van der Waals surface area contributed by atoms with Crippen molar-refractivity contribution in [3.63, 3.8) is 0 Å². The first kappa shape index (κ1) is 25.8. The summed E-state index contributed by atoms with van der Waals surface area (Å²) in [6, 6.07) is 9.86. The maximum absolute atomic E-state index is 12.8. The summed E-state index contributed by atoms with van der Waals surface area (Å²) in [4.78, 5) is 25.4. The molecule has 34 heavy (non-hydrogen) atoms. The number of anilines is 1. The number of halogens is 1. The van der Waals surface area contributed by atoms with Crippen molar-refractivity contribution in [3.8, 4) is 16.9 Å². The predicted molar refractivity (Wildman–Crippen MR) is 139 cm³/mol. The van der Waals surface area contributed by atoms with Crippen molar-refractivity contribution >= 4 is 39.8 Å². The van der Waals surface area contributed by atoms with E-state index in [2.05, 4.69) is 11.4 Å². The number of aryl methyl sites for hydroxylation is 4. The molecule has 0 aliphatic carbocycles. The van der Waals surface area contributed by atoms with Crippen molar-refractivity contribution in [2.45, 2.75) is 47.5 Å². The molecule has 180 valence electrons. The molecule has 0 aliphatic rings. The van der Waals surface area contributed by atoms with E-state index in [1.807, 2.05) is 57.3 Å². The number of carbonyl (C=O) groups excluding carboxylic acids is 2. The molecule has 0 spiro atoms. The van der Waals surface area contributed by atoms with Gasteiger partial charge in [-0.3, -0.25) is 4.79 Å². The second-order valence-electron chi connectivity index (χ2n) is 8.26. The summed E-state index contributed by atoms with van der Waals surface area (Å²) in [5.41, 5.74) is 6.24. The van der Waals surface area contributed by atoms with Crippen LogP contribution in [-0.2, 0) is 9.53 Å². The normalized spacial score (nSPS) is 10.8. The second kappa shape index (κ2) is 11.5. The van der Waals surface area contributed by atoms with Crippen LogP contribution in [0.15, 0.2) is 35.7 Å². The number of nitrogens with one attached hydrogen (secondary N) is 1. The Balaban J connectivity index is 1.68. The van der Waals surface area contributed by atoms with E-state index >= 15 is 0 Å². The van der Waals surface area contributed by atoms with Gasteiger partial charge in [0, 0.05) is 22.4 Å². The van der Waals surface area contributed by atoms with Gasteiger partial charge >= 0.3 is 5.97 Å². The first-order valence-corrected chi connectivity index (χ1v) is 12.5. The SMILES string of the molecule is CCOC(=O)c1c(-c2ccc(C)cc2C)csc1NC(=O)CCCOc1cc(C)c(Cl)c(C)c1. The standard InChI is InChI=1S/C27H30ClNO4S/c1-6-32-27(31)24-22(21-10-9-16(2)12-17(21)3)15-34-26(24)29-23(30)8-7-11-33-20-13-18(4)25(28)19(5)14-20/h9-10,12-15H,6-8,11H2,1-5H3,(H,29,30). The Morgan fingerprint density at radius 2 is 1.71 bits per heavy atom. The van der Waals surface area contributed by atoms with Crippen molar-refractivity contribution in [3.05, 3.63) is 68.6 Å². The van der Waals surface area contributed by atoms with Crippen LogP contribution in [0.4, 0.5) is 5.00 Å². The second-order valence-corrected chi connectivity index (χ2v) is 9.52. The van der Waals surface area contributed by atoms with Gasteiger partial charge in [-0.15, -0.1) is 11.3 Å². The molecule has 0 saturated heterocycles. The van der Waals surface area contributed by atoms with E-state index in [0.717, 1.165) is 44.2 Å². The monoisotopic (exact) mass is 499 g/mol. The summed E-state index contributed by atoms with van der Waals surface area (Å²) in [5, 5.41) is 6.04.